The number of imide groups is 1. The van der Waals surface area contributed by atoms with E-state index in [-0.39, 0.29) is 18.2 Å². The second-order valence-corrected chi connectivity index (χ2v) is 4.16. The highest BCUT2D eigenvalue weighted by molar-refractivity contribution is 6.06. The van der Waals surface area contributed by atoms with Gasteiger partial charge < -0.3 is 9.47 Å². The van der Waals surface area contributed by atoms with Gasteiger partial charge in [-0.3, -0.25) is 14.5 Å². The largest absolute Gasteiger partial charge is 0.497 e. The fourth-order valence-electron chi connectivity index (χ4n) is 2.10. The summed E-state index contributed by atoms with van der Waals surface area (Å²) in [7, 11) is 4.59. The predicted molar refractivity (Wildman–Crippen MR) is 64.7 cm³/mol. The number of rotatable bonds is 3. The minimum Gasteiger partial charge on any atom is -0.497 e. The number of carbonyl (C=O) groups is 2. The first-order valence-corrected chi connectivity index (χ1v) is 5.60. The molecule has 0 unspecified atom stereocenters. The second-order valence-electron chi connectivity index (χ2n) is 4.16. The van der Waals surface area contributed by atoms with Crippen molar-refractivity contribution in [1.29, 1.82) is 0 Å². The van der Waals surface area contributed by atoms with Crippen molar-refractivity contribution in [2.45, 2.75) is 12.3 Å². The van der Waals surface area contributed by atoms with Gasteiger partial charge in [0.2, 0.25) is 11.8 Å². The first-order valence-electron chi connectivity index (χ1n) is 5.60. The molecule has 0 aromatic heterocycles. The van der Waals surface area contributed by atoms with E-state index in [9.17, 15) is 9.59 Å². The molecule has 0 N–H and O–H groups in total. The summed E-state index contributed by atoms with van der Waals surface area (Å²) in [6.45, 7) is 0. The van der Waals surface area contributed by atoms with E-state index in [2.05, 4.69) is 0 Å². The van der Waals surface area contributed by atoms with Gasteiger partial charge in [-0.25, -0.2) is 0 Å². The topological polar surface area (TPSA) is 55.8 Å². The second kappa shape index (κ2) is 4.68. The van der Waals surface area contributed by atoms with Crippen LogP contribution in [0.3, 0.4) is 0 Å². The number of benzene rings is 1. The molecule has 1 aliphatic rings. The van der Waals surface area contributed by atoms with Crippen molar-refractivity contribution in [3.8, 4) is 11.5 Å². The maximum absolute atomic E-state index is 12.0. The monoisotopic (exact) mass is 249 g/mol. The van der Waals surface area contributed by atoms with Gasteiger partial charge in [0, 0.05) is 25.1 Å². The van der Waals surface area contributed by atoms with Gasteiger partial charge in [-0.05, 0) is 6.07 Å². The Bertz CT molecular complexity index is 498. The summed E-state index contributed by atoms with van der Waals surface area (Å²) in [6, 6.07) is 5.24. The fraction of sp³-hybridized carbons (Fsp3) is 0.385. The number of likely N-dealkylation sites (tertiary alicyclic amines) is 1. The molecule has 5 heteroatoms. The average Bonchev–Trinajstić information content (AvgIpc) is 2.65. The Morgan fingerprint density at radius 2 is 1.94 bits per heavy atom. The molecule has 1 aromatic rings. The van der Waals surface area contributed by atoms with Crippen LogP contribution in [0.5, 0.6) is 11.5 Å². The van der Waals surface area contributed by atoms with Crippen LogP contribution in [0.25, 0.3) is 0 Å². The van der Waals surface area contributed by atoms with Crippen LogP contribution in [-0.2, 0) is 9.59 Å². The number of ether oxygens (including phenoxy) is 2. The summed E-state index contributed by atoms with van der Waals surface area (Å²) in [4.78, 5) is 24.6. The summed E-state index contributed by atoms with van der Waals surface area (Å²) in [5.74, 6) is 0.409. The third kappa shape index (κ3) is 1.92. The highest BCUT2D eigenvalue weighted by Gasteiger charge is 2.38. The molecule has 1 atom stereocenters. The zero-order chi connectivity index (χ0) is 13.3. The molecule has 1 aromatic carbocycles. The van der Waals surface area contributed by atoms with Gasteiger partial charge >= 0.3 is 0 Å². The van der Waals surface area contributed by atoms with Gasteiger partial charge in [0.25, 0.3) is 0 Å². The van der Waals surface area contributed by atoms with Crippen LogP contribution in [0.1, 0.15) is 17.9 Å². The quantitative estimate of drug-likeness (QED) is 0.755. The van der Waals surface area contributed by atoms with Gasteiger partial charge in [0.05, 0.1) is 20.1 Å². The van der Waals surface area contributed by atoms with Gasteiger partial charge in [-0.15, -0.1) is 0 Å². The molecule has 5 nitrogen and oxygen atoms in total. The highest BCUT2D eigenvalue weighted by atomic mass is 16.5. The number of hydrogen-bond donors (Lipinski definition) is 0. The van der Waals surface area contributed by atoms with E-state index in [0.29, 0.717) is 11.5 Å². The van der Waals surface area contributed by atoms with Gasteiger partial charge in [0.1, 0.15) is 11.5 Å². The van der Waals surface area contributed by atoms with Crippen LogP contribution in [0.15, 0.2) is 18.2 Å². The molecule has 96 valence electrons. The van der Waals surface area contributed by atoms with E-state index in [1.54, 1.807) is 25.3 Å². The molecule has 0 aliphatic carbocycles. The minimum absolute atomic E-state index is 0.164. The zero-order valence-corrected chi connectivity index (χ0v) is 10.6. The van der Waals surface area contributed by atoms with Crippen molar-refractivity contribution >= 4 is 11.8 Å². The number of hydrogen-bond acceptors (Lipinski definition) is 4. The summed E-state index contributed by atoms with van der Waals surface area (Å²) < 4.78 is 10.4. The first kappa shape index (κ1) is 12.4. The van der Waals surface area contributed by atoms with Crippen molar-refractivity contribution in [2.75, 3.05) is 21.3 Å². The summed E-state index contributed by atoms with van der Waals surface area (Å²) >= 11 is 0. The number of methoxy groups -OCH3 is 2. The molecule has 18 heavy (non-hydrogen) atoms. The van der Waals surface area contributed by atoms with E-state index in [0.717, 1.165) is 10.5 Å². The lowest BCUT2D eigenvalue weighted by Gasteiger charge is -2.14. The smallest absolute Gasteiger partial charge is 0.237 e. The maximum atomic E-state index is 12.0. The molecule has 0 spiro atoms. The molecule has 1 saturated heterocycles. The van der Waals surface area contributed by atoms with E-state index in [1.165, 1.54) is 14.2 Å². The summed E-state index contributed by atoms with van der Waals surface area (Å²) in [6.07, 6.45) is 0.192. The molecule has 0 saturated carbocycles. The fourth-order valence-corrected chi connectivity index (χ4v) is 2.10. The lowest BCUT2D eigenvalue weighted by atomic mass is 9.96. The Balaban J connectivity index is 2.39. The van der Waals surface area contributed by atoms with Crippen molar-refractivity contribution in [3.05, 3.63) is 23.8 Å². The highest BCUT2D eigenvalue weighted by Crippen LogP contribution is 2.36. The van der Waals surface area contributed by atoms with Crippen LogP contribution in [0, 0.1) is 0 Å². The van der Waals surface area contributed by atoms with Crippen LogP contribution < -0.4 is 9.47 Å². The molecule has 1 fully saturated rings. The van der Waals surface area contributed by atoms with Crippen LogP contribution in [-0.4, -0.2) is 38.0 Å². The maximum Gasteiger partial charge on any atom is 0.237 e. The van der Waals surface area contributed by atoms with Gasteiger partial charge in [0.15, 0.2) is 0 Å². The number of likely N-dealkylation sites (N-methyl/N-ethyl adjacent to an activating group) is 1. The molecule has 2 amide bonds. The summed E-state index contributed by atoms with van der Waals surface area (Å²) in [5, 5.41) is 0. The van der Waals surface area contributed by atoms with E-state index >= 15 is 0 Å². The van der Waals surface area contributed by atoms with Crippen molar-refractivity contribution in [1.82, 2.24) is 4.90 Å². The Kier molecular flexibility index (Phi) is 3.23. The van der Waals surface area contributed by atoms with E-state index in [1.807, 2.05) is 0 Å². The number of amides is 2. The van der Waals surface area contributed by atoms with Crippen molar-refractivity contribution < 1.29 is 19.1 Å². The summed E-state index contributed by atoms with van der Waals surface area (Å²) in [5.41, 5.74) is 0.723. The van der Waals surface area contributed by atoms with Gasteiger partial charge in [-0.2, -0.15) is 0 Å². The third-order valence-corrected chi connectivity index (χ3v) is 3.20. The SMILES string of the molecule is COc1ccc([C@H]2CC(=O)N(C)C2=O)c(OC)c1. The normalized spacial score (nSPS) is 19.3. The molecule has 0 radical (unpaired) electrons. The number of carbonyl (C=O) groups excluding carboxylic acids is 2. The van der Waals surface area contributed by atoms with Crippen LogP contribution in [0.4, 0.5) is 0 Å². The third-order valence-electron chi connectivity index (χ3n) is 3.20. The molecule has 0 bridgehead atoms. The minimum atomic E-state index is -0.455. The van der Waals surface area contributed by atoms with Crippen molar-refractivity contribution in [3.63, 3.8) is 0 Å². The average molecular weight is 249 g/mol. The number of nitrogens with zero attached hydrogens (tertiary/aromatic N) is 1. The molecule has 1 aliphatic heterocycles. The predicted octanol–water partition coefficient (Wildman–Crippen LogP) is 1.18. The van der Waals surface area contributed by atoms with Crippen LogP contribution in [0.2, 0.25) is 0 Å². The Morgan fingerprint density at radius 3 is 2.44 bits per heavy atom. The zero-order valence-electron chi connectivity index (χ0n) is 10.6. The van der Waals surface area contributed by atoms with Crippen molar-refractivity contribution in [2.24, 2.45) is 0 Å². The lowest BCUT2D eigenvalue weighted by molar-refractivity contribution is -0.137. The van der Waals surface area contributed by atoms with Gasteiger partial charge in [-0.1, -0.05) is 6.07 Å². The lowest BCUT2D eigenvalue weighted by Crippen LogP contribution is -2.25. The molecule has 2 rings (SSSR count). The Hall–Kier alpha value is -2.04. The Morgan fingerprint density at radius 1 is 1.22 bits per heavy atom. The first-order chi connectivity index (χ1) is 8.58. The standard InChI is InChI=1S/C13H15NO4/c1-14-12(15)7-10(13(14)16)9-5-4-8(17-2)6-11(9)18-3/h4-6,10H,7H2,1-3H3/t10-/m1/s1. The molecular weight excluding hydrogens is 234 g/mol. The van der Waals surface area contributed by atoms with E-state index < -0.39 is 5.92 Å². The molecule has 1 heterocycles. The van der Waals surface area contributed by atoms with E-state index in [4.69, 9.17) is 9.47 Å². The Labute approximate surface area is 105 Å². The van der Waals surface area contributed by atoms with Crippen LogP contribution >= 0.6 is 0 Å². The molecular formula is C13H15NO4.